The molecule has 0 aliphatic heterocycles. The van der Waals surface area contributed by atoms with E-state index in [9.17, 15) is 9.59 Å². The minimum Gasteiger partial charge on any atom is -0.396 e. The van der Waals surface area contributed by atoms with E-state index in [0.717, 1.165) is 0 Å². The first kappa shape index (κ1) is 27.6. The van der Waals surface area contributed by atoms with Crippen LogP contribution in [0.25, 0.3) is 0 Å². The summed E-state index contributed by atoms with van der Waals surface area (Å²) >= 11 is 31.4. The number of oxime groups is 1. The van der Waals surface area contributed by atoms with Gasteiger partial charge in [-0.15, -0.1) is 23.2 Å². The molecule has 3 aromatic carbocycles. The number of rotatable bonds is 8. The van der Waals surface area contributed by atoms with E-state index in [1.165, 1.54) is 18.3 Å². The summed E-state index contributed by atoms with van der Waals surface area (Å²) in [6.45, 7) is 2.23. The maximum Gasteiger partial charge on any atom is 0.257 e. The average Bonchev–Trinajstić information content (AvgIpc) is 3.43. The maximum atomic E-state index is 13.1. The number of carbonyl (C=O) groups is 2. The molecule has 11 heteroatoms. The van der Waals surface area contributed by atoms with E-state index in [4.69, 9.17) is 62.8 Å². The van der Waals surface area contributed by atoms with E-state index in [0.29, 0.717) is 39.2 Å². The molecule has 2 amide bonds. The van der Waals surface area contributed by atoms with Gasteiger partial charge in [0.1, 0.15) is 10.9 Å². The fraction of sp³-hybridized carbons (Fsp3) is 0.192. The summed E-state index contributed by atoms with van der Waals surface area (Å²) in [4.78, 5) is 31.1. The minimum absolute atomic E-state index is 0.160. The van der Waals surface area contributed by atoms with E-state index in [1.54, 1.807) is 42.5 Å². The van der Waals surface area contributed by atoms with Crippen molar-refractivity contribution in [1.29, 1.82) is 0 Å². The molecule has 6 nitrogen and oxygen atoms in total. The summed E-state index contributed by atoms with van der Waals surface area (Å²) in [6.07, 6.45) is 1.50. The molecule has 0 bridgehead atoms. The minimum atomic E-state index is -1.34. The molecule has 37 heavy (non-hydrogen) atoms. The molecule has 0 spiro atoms. The molecule has 3 aromatic rings. The van der Waals surface area contributed by atoms with Crippen molar-refractivity contribution in [1.82, 2.24) is 0 Å². The molecule has 1 fully saturated rings. The Kier molecular flexibility index (Phi) is 8.56. The molecule has 0 aromatic heterocycles. The first-order valence-electron chi connectivity index (χ1n) is 11.1. The smallest absolute Gasteiger partial charge is 0.257 e. The monoisotopic (exact) mass is 597 g/mol. The highest BCUT2D eigenvalue weighted by Crippen LogP contribution is 2.65. The molecular weight excluding hydrogens is 580 g/mol. The van der Waals surface area contributed by atoms with E-state index in [1.807, 2.05) is 13.0 Å². The van der Waals surface area contributed by atoms with E-state index in [-0.39, 0.29) is 10.6 Å². The van der Waals surface area contributed by atoms with Gasteiger partial charge in [0.15, 0.2) is 0 Å². The third kappa shape index (κ3) is 6.33. The number of hydrogen-bond acceptors (Lipinski definition) is 4. The van der Waals surface area contributed by atoms with E-state index in [2.05, 4.69) is 15.8 Å². The molecular formula is C26H20Cl5N3O3. The summed E-state index contributed by atoms with van der Waals surface area (Å²) in [5.74, 6) is -2.15. The van der Waals surface area contributed by atoms with Crippen molar-refractivity contribution in [2.75, 3.05) is 17.2 Å². The Hall–Kier alpha value is -2.48. The second-order valence-electron chi connectivity index (χ2n) is 8.21. The maximum absolute atomic E-state index is 13.1. The molecule has 2 unspecified atom stereocenters. The first-order valence-corrected chi connectivity index (χ1v) is 13.0. The number of alkyl halides is 2. The highest BCUT2D eigenvalue weighted by molar-refractivity contribution is 6.53. The number of benzene rings is 3. The lowest BCUT2D eigenvalue weighted by atomic mass is 10.1. The van der Waals surface area contributed by atoms with Crippen LogP contribution in [-0.2, 0) is 9.63 Å². The first-order chi connectivity index (χ1) is 17.6. The van der Waals surface area contributed by atoms with Crippen LogP contribution in [0.4, 0.5) is 11.4 Å². The Morgan fingerprint density at radius 2 is 1.70 bits per heavy atom. The number of amides is 2. The van der Waals surface area contributed by atoms with Gasteiger partial charge in [-0.25, -0.2) is 0 Å². The SMILES string of the molecule is CCO/N=C/c1ccccc1NC(=O)c1cc(NC(=O)C2C(c3cc(Cl)cc(Cl)c3)C2(Cl)Cl)ccc1Cl. The third-order valence-electron chi connectivity index (χ3n) is 5.66. The van der Waals surface area contributed by atoms with Crippen LogP contribution < -0.4 is 10.6 Å². The Bertz CT molecular complexity index is 1360. The Balaban J connectivity index is 1.50. The lowest BCUT2D eigenvalue weighted by Crippen LogP contribution is -2.18. The second kappa shape index (κ2) is 11.5. The molecule has 192 valence electrons. The number of nitrogens with one attached hydrogen (secondary N) is 2. The zero-order chi connectivity index (χ0) is 26.7. The highest BCUT2D eigenvalue weighted by atomic mass is 35.5. The molecule has 2 atom stereocenters. The highest BCUT2D eigenvalue weighted by Gasteiger charge is 2.67. The molecule has 1 aliphatic carbocycles. The van der Waals surface area contributed by atoms with Crippen molar-refractivity contribution in [3.8, 4) is 0 Å². The Morgan fingerprint density at radius 3 is 2.41 bits per heavy atom. The lowest BCUT2D eigenvalue weighted by Gasteiger charge is -2.11. The van der Waals surface area contributed by atoms with Gasteiger partial charge < -0.3 is 15.5 Å². The normalized spacial score (nSPS) is 17.9. The predicted molar refractivity (Wildman–Crippen MR) is 151 cm³/mol. The zero-order valence-electron chi connectivity index (χ0n) is 19.3. The molecule has 0 radical (unpaired) electrons. The Morgan fingerprint density at radius 1 is 1.00 bits per heavy atom. The molecule has 1 saturated carbocycles. The lowest BCUT2D eigenvalue weighted by molar-refractivity contribution is -0.117. The predicted octanol–water partition coefficient (Wildman–Crippen LogP) is 7.80. The molecule has 0 heterocycles. The summed E-state index contributed by atoms with van der Waals surface area (Å²) in [5, 5.41) is 10.5. The average molecular weight is 600 g/mol. The largest absolute Gasteiger partial charge is 0.396 e. The van der Waals surface area contributed by atoms with Crippen LogP contribution in [0.5, 0.6) is 0 Å². The quantitative estimate of drug-likeness (QED) is 0.158. The molecule has 4 rings (SSSR count). The zero-order valence-corrected chi connectivity index (χ0v) is 23.1. The van der Waals surface area contributed by atoms with Gasteiger partial charge in [0.25, 0.3) is 5.91 Å². The van der Waals surface area contributed by atoms with Crippen molar-refractivity contribution in [2.45, 2.75) is 17.2 Å². The fourth-order valence-corrected chi connectivity index (χ4v) is 5.48. The van der Waals surface area contributed by atoms with Crippen LogP contribution >= 0.6 is 58.0 Å². The third-order valence-corrected chi connectivity index (χ3v) is 7.37. The topological polar surface area (TPSA) is 79.8 Å². The van der Waals surface area contributed by atoms with Crippen molar-refractivity contribution < 1.29 is 14.4 Å². The number of halogens is 5. The fourth-order valence-electron chi connectivity index (χ4n) is 3.90. The van der Waals surface area contributed by atoms with E-state index < -0.39 is 28.0 Å². The van der Waals surface area contributed by atoms with Crippen LogP contribution in [0.3, 0.4) is 0 Å². The van der Waals surface area contributed by atoms with Crippen molar-refractivity contribution in [2.24, 2.45) is 11.1 Å². The summed E-state index contributed by atoms with van der Waals surface area (Å²) in [5.41, 5.74) is 2.32. The van der Waals surface area contributed by atoms with Gasteiger partial charge in [-0.05, 0) is 55.0 Å². The van der Waals surface area contributed by atoms with Gasteiger partial charge >= 0.3 is 0 Å². The molecule has 1 aliphatic rings. The van der Waals surface area contributed by atoms with Gasteiger partial charge in [0.2, 0.25) is 5.91 Å². The summed E-state index contributed by atoms with van der Waals surface area (Å²) in [7, 11) is 0. The van der Waals surface area contributed by atoms with Crippen LogP contribution in [0, 0.1) is 5.92 Å². The Labute approximate surface area is 238 Å². The van der Waals surface area contributed by atoms with Gasteiger partial charge in [-0.2, -0.15) is 0 Å². The van der Waals surface area contributed by atoms with Crippen LogP contribution in [0.1, 0.15) is 34.3 Å². The summed E-state index contributed by atoms with van der Waals surface area (Å²) in [6, 6.07) is 16.6. The number of para-hydroxylation sites is 1. The van der Waals surface area contributed by atoms with Gasteiger partial charge in [-0.3, -0.25) is 9.59 Å². The number of carbonyl (C=O) groups excluding carboxylic acids is 2. The second-order valence-corrected chi connectivity index (χ2v) is 10.9. The molecule has 2 N–H and O–H groups in total. The summed E-state index contributed by atoms with van der Waals surface area (Å²) < 4.78 is -1.34. The number of hydrogen-bond donors (Lipinski definition) is 2. The van der Waals surface area contributed by atoms with Crippen LogP contribution in [0.2, 0.25) is 15.1 Å². The van der Waals surface area contributed by atoms with Crippen LogP contribution in [-0.4, -0.2) is 29.0 Å². The van der Waals surface area contributed by atoms with Crippen LogP contribution in [0.15, 0.2) is 65.8 Å². The molecule has 0 saturated heterocycles. The van der Waals surface area contributed by atoms with Crippen molar-refractivity contribution in [3.63, 3.8) is 0 Å². The number of nitrogens with zero attached hydrogens (tertiary/aromatic N) is 1. The standard InChI is InChI=1S/C26H20Cl5N3O3/c1-2-37-32-13-14-5-3-4-6-21(14)34-24(35)19-12-18(7-8-20(19)29)33-25(36)23-22(26(23,30)31)15-9-16(27)11-17(28)10-15/h3-13,22-23H,2H2,1H3,(H,33,36)(H,34,35)/b32-13+. The number of anilines is 2. The van der Waals surface area contributed by atoms with E-state index >= 15 is 0 Å². The van der Waals surface area contributed by atoms with Crippen molar-refractivity contribution in [3.05, 3.63) is 92.4 Å². The van der Waals surface area contributed by atoms with Gasteiger partial charge in [-0.1, -0.05) is 58.2 Å². The van der Waals surface area contributed by atoms with Crippen molar-refractivity contribution >= 4 is 87.4 Å². The van der Waals surface area contributed by atoms with Gasteiger partial charge in [0, 0.05) is 32.9 Å². The van der Waals surface area contributed by atoms with Gasteiger partial charge in [0.05, 0.1) is 22.7 Å².